The van der Waals surface area contributed by atoms with Crippen LogP contribution in [0.2, 0.25) is 0 Å². The van der Waals surface area contributed by atoms with Crippen LogP contribution in [-0.2, 0) is 0 Å². The highest BCUT2D eigenvalue weighted by atomic mass is 32.1. The van der Waals surface area contributed by atoms with Crippen LogP contribution in [0.15, 0.2) is 47.7 Å². The summed E-state index contributed by atoms with van der Waals surface area (Å²) in [5.74, 6) is -0.361. The van der Waals surface area contributed by atoms with Crippen molar-refractivity contribution in [2.45, 2.75) is 6.36 Å². The van der Waals surface area contributed by atoms with E-state index in [9.17, 15) is 18.0 Å². The maximum Gasteiger partial charge on any atom is 0.573 e. The molecule has 0 N–H and O–H groups in total. The lowest BCUT2D eigenvalue weighted by molar-refractivity contribution is -0.274. The molecule has 0 spiro atoms. The predicted octanol–water partition coefficient (Wildman–Crippen LogP) is 3.96. The van der Waals surface area contributed by atoms with Crippen LogP contribution in [0.3, 0.4) is 0 Å². The minimum atomic E-state index is -4.77. The first-order chi connectivity index (χ1) is 13.2. The molecule has 10 heteroatoms. The van der Waals surface area contributed by atoms with Crippen LogP contribution < -0.4 is 15.2 Å². The van der Waals surface area contributed by atoms with Gasteiger partial charge in [0.15, 0.2) is 0 Å². The predicted molar refractivity (Wildman–Crippen MR) is 102 cm³/mol. The molecule has 4 aromatic rings. The van der Waals surface area contributed by atoms with Crippen LogP contribution >= 0.6 is 11.3 Å². The monoisotopic (exact) mass is 406 g/mol. The zero-order valence-electron chi connectivity index (χ0n) is 14.7. The maximum absolute atomic E-state index is 13.0. The van der Waals surface area contributed by atoms with Crippen LogP contribution in [0.1, 0.15) is 0 Å². The molecule has 4 rings (SSSR count). The first-order valence-electron chi connectivity index (χ1n) is 8.07. The topological polar surface area (TPSA) is 60.2 Å². The number of aromatic nitrogens is 3. The third-order valence-electron chi connectivity index (χ3n) is 4.09. The van der Waals surface area contributed by atoms with E-state index in [0.29, 0.717) is 20.7 Å². The van der Waals surface area contributed by atoms with Crippen molar-refractivity contribution >= 4 is 37.5 Å². The Labute approximate surface area is 160 Å². The molecule has 0 aliphatic carbocycles. The van der Waals surface area contributed by atoms with Gasteiger partial charge in [0.2, 0.25) is 0 Å². The number of hydrogen-bond donors (Lipinski definition) is 0. The molecule has 144 valence electrons. The number of pyridine rings is 1. The molecule has 0 bridgehead atoms. The van der Waals surface area contributed by atoms with E-state index in [0.717, 1.165) is 23.2 Å². The summed E-state index contributed by atoms with van der Waals surface area (Å²) in [6, 6.07) is 6.88. The van der Waals surface area contributed by atoms with Crippen LogP contribution in [0.4, 0.5) is 18.9 Å². The lowest BCUT2D eigenvalue weighted by Crippen LogP contribution is -2.19. The average Bonchev–Trinajstić information content (AvgIpc) is 3.01. The van der Waals surface area contributed by atoms with Gasteiger partial charge in [0, 0.05) is 20.3 Å². The third-order valence-corrected chi connectivity index (χ3v) is 5.17. The molecule has 0 fully saturated rings. The van der Waals surface area contributed by atoms with Gasteiger partial charge in [-0.05, 0) is 30.3 Å². The molecule has 0 atom stereocenters. The normalized spacial score (nSPS) is 11.9. The number of ether oxygens (including phenoxy) is 1. The van der Waals surface area contributed by atoms with E-state index in [1.54, 1.807) is 6.20 Å². The second-order valence-electron chi connectivity index (χ2n) is 6.15. The highest BCUT2D eigenvalue weighted by Crippen LogP contribution is 2.35. The molecule has 1 aromatic carbocycles. The minimum absolute atomic E-state index is 0.317. The van der Waals surface area contributed by atoms with Gasteiger partial charge in [-0.1, -0.05) is 0 Å². The molecule has 28 heavy (non-hydrogen) atoms. The lowest BCUT2D eigenvalue weighted by atomic mass is 10.2. The first kappa shape index (κ1) is 18.2. The molecule has 0 aliphatic rings. The molecule has 0 unspecified atom stereocenters. The maximum atomic E-state index is 13.0. The van der Waals surface area contributed by atoms with Crippen molar-refractivity contribution in [3.8, 4) is 11.4 Å². The van der Waals surface area contributed by atoms with Crippen molar-refractivity contribution in [2.75, 3.05) is 19.0 Å². The lowest BCUT2D eigenvalue weighted by Gasteiger charge is -2.13. The highest BCUT2D eigenvalue weighted by Gasteiger charge is 2.31. The van der Waals surface area contributed by atoms with Crippen molar-refractivity contribution in [1.82, 2.24) is 14.5 Å². The Morgan fingerprint density at radius 1 is 1.11 bits per heavy atom. The Balaban J connectivity index is 1.84. The summed E-state index contributed by atoms with van der Waals surface area (Å²) in [5.41, 5.74) is 1.51. The summed E-state index contributed by atoms with van der Waals surface area (Å²) in [4.78, 5) is 24.3. The molecule has 6 nitrogen and oxygen atoms in total. The van der Waals surface area contributed by atoms with Crippen molar-refractivity contribution < 1.29 is 17.9 Å². The number of fused-ring (bicyclic) bond motifs is 3. The molecule has 3 heterocycles. The second-order valence-corrected chi connectivity index (χ2v) is 7.14. The molecular weight excluding hydrogens is 393 g/mol. The fourth-order valence-electron chi connectivity index (χ4n) is 2.90. The van der Waals surface area contributed by atoms with E-state index in [1.807, 2.05) is 25.1 Å². The summed E-state index contributed by atoms with van der Waals surface area (Å²) in [6.07, 6.45) is -1.74. The minimum Gasteiger partial charge on any atom is -0.406 e. The summed E-state index contributed by atoms with van der Waals surface area (Å²) in [7, 11) is 3.79. The standard InChI is InChI=1S/C18H13F3N4O2S/c1-24(2)12-7-8-22-16-13(12)14-15(28-16)17(26)25(9-23-14)10-3-5-11(6-4-10)27-18(19,20)21/h3-9H,1-2H3. The Hall–Kier alpha value is -3.14. The van der Waals surface area contributed by atoms with Gasteiger partial charge in [0.1, 0.15) is 21.6 Å². The Morgan fingerprint density at radius 3 is 2.46 bits per heavy atom. The van der Waals surface area contributed by atoms with E-state index >= 15 is 0 Å². The smallest absolute Gasteiger partial charge is 0.406 e. The molecule has 0 saturated carbocycles. The van der Waals surface area contributed by atoms with Crippen LogP contribution in [0, 0.1) is 0 Å². The number of rotatable bonds is 3. The molecule has 0 amide bonds. The Kier molecular flexibility index (Phi) is 4.22. The van der Waals surface area contributed by atoms with Crippen molar-refractivity contribution in [1.29, 1.82) is 0 Å². The van der Waals surface area contributed by atoms with Gasteiger partial charge in [-0.3, -0.25) is 9.36 Å². The zero-order chi connectivity index (χ0) is 20.1. The van der Waals surface area contributed by atoms with Gasteiger partial charge in [-0.15, -0.1) is 24.5 Å². The van der Waals surface area contributed by atoms with Crippen LogP contribution in [0.5, 0.6) is 5.75 Å². The number of thiophene rings is 1. The van der Waals surface area contributed by atoms with Gasteiger partial charge in [0.25, 0.3) is 5.56 Å². The Morgan fingerprint density at radius 2 is 1.82 bits per heavy atom. The number of anilines is 1. The SMILES string of the molecule is CN(C)c1ccnc2sc3c(=O)n(-c4ccc(OC(F)(F)F)cc4)cnc3c12. The molecule has 0 saturated heterocycles. The van der Waals surface area contributed by atoms with E-state index in [-0.39, 0.29) is 11.3 Å². The van der Waals surface area contributed by atoms with E-state index in [4.69, 9.17) is 0 Å². The van der Waals surface area contributed by atoms with Crippen LogP contribution in [-0.4, -0.2) is 35.0 Å². The molecule has 0 radical (unpaired) electrons. The van der Waals surface area contributed by atoms with Crippen LogP contribution in [0.25, 0.3) is 26.1 Å². The number of nitrogens with zero attached hydrogens (tertiary/aromatic N) is 4. The summed E-state index contributed by atoms with van der Waals surface area (Å²) >= 11 is 1.23. The van der Waals surface area contributed by atoms with Gasteiger partial charge in [-0.25, -0.2) is 9.97 Å². The molecule has 0 aliphatic heterocycles. The molecular formula is C18H13F3N4O2S. The highest BCUT2D eigenvalue weighted by molar-refractivity contribution is 7.25. The average molecular weight is 406 g/mol. The molecule has 3 aromatic heterocycles. The largest absolute Gasteiger partial charge is 0.573 e. The summed E-state index contributed by atoms with van der Waals surface area (Å²) < 4.78 is 42.5. The van der Waals surface area contributed by atoms with Gasteiger partial charge >= 0.3 is 6.36 Å². The van der Waals surface area contributed by atoms with Gasteiger partial charge in [0.05, 0.1) is 22.3 Å². The van der Waals surface area contributed by atoms with E-state index in [2.05, 4.69) is 14.7 Å². The number of alkyl halides is 3. The number of benzene rings is 1. The van der Waals surface area contributed by atoms with Crippen molar-refractivity contribution in [3.63, 3.8) is 0 Å². The summed E-state index contributed by atoms with van der Waals surface area (Å²) in [5, 5.41) is 0.797. The fraction of sp³-hybridized carbons (Fsp3) is 0.167. The zero-order valence-corrected chi connectivity index (χ0v) is 15.5. The van der Waals surface area contributed by atoms with Gasteiger partial charge < -0.3 is 9.64 Å². The van der Waals surface area contributed by atoms with Gasteiger partial charge in [-0.2, -0.15) is 0 Å². The van der Waals surface area contributed by atoms with Crippen molar-refractivity contribution in [2.24, 2.45) is 0 Å². The Bertz CT molecular complexity index is 1230. The van der Waals surface area contributed by atoms with E-state index in [1.165, 1.54) is 34.4 Å². The summed E-state index contributed by atoms with van der Waals surface area (Å²) in [6.45, 7) is 0. The number of halogens is 3. The fourth-order valence-corrected chi connectivity index (χ4v) is 3.95. The van der Waals surface area contributed by atoms with E-state index < -0.39 is 6.36 Å². The first-order valence-corrected chi connectivity index (χ1v) is 8.88. The quantitative estimate of drug-likeness (QED) is 0.516. The number of hydrogen-bond acceptors (Lipinski definition) is 6. The second kappa shape index (κ2) is 6.48. The third kappa shape index (κ3) is 3.15. The van der Waals surface area contributed by atoms with Crippen molar-refractivity contribution in [3.05, 3.63) is 53.2 Å².